The molecule has 2 aliphatic rings. The number of rotatable bonds is 6. The van der Waals surface area contributed by atoms with Crippen LogP contribution in [-0.2, 0) is 11.3 Å². The Kier molecular flexibility index (Phi) is 6.32. The summed E-state index contributed by atoms with van der Waals surface area (Å²) in [5.74, 6) is -0.451. The molecule has 2 saturated heterocycles. The highest BCUT2D eigenvalue weighted by atomic mass is 19.4. The molecule has 36 heavy (non-hydrogen) atoms. The zero-order chi connectivity index (χ0) is 25.3. The molecule has 3 aromatic rings. The summed E-state index contributed by atoms with van der Waals surface area (Å²) in [5, 5.41) is 12.1. The third-order valence-electron chi connectivity index (χ3n) is 5.98. The van der Waals surface area contributed by atoms with E-state index in [0.717, 1.165) is 0 Å². The van der Waals surface area contributed by atoms with Gasteiger partial charge in [0.1, 0.15) is 17.7 Å². The second kappa shape index (κ2) is 9.58. The van der Waals surface area contributed by atoms with Crippen molar-refractivity contribution in [3.63, 3.8) is 0 Å². The number of halogens is 3. The van der Waals surface area contributed by atoms with Crippen LogP contribution in [0.4, 0.5) is 18.0 Å². The van der Waals surface area contributed by atoms with Gasteiger partial charge in [0.15, 0.2) is 17.1 Å². The van der Waals surface area contributed by atoms with Crippen LogP contribution in [0.2, 0.25) is 0 Å². The summed E-state index contributed by atoms with van der Waals surface area (Å²) in [6.07, 6.45) is -4.69. The van der Waals surface area contributed by atoms with Crippen LogP contribution in [0.5, 0.6) is 11.5 Å². The van der Waals surface area contributed by atoms with E-state index in [9.17, 15) is 23.2 Å². The number of hydrogen-bond donors (Lipinski definition) is 1. The van der Waals surface area contributed by atoms with E-state index in [2.05, 4.69) is 21.1 Å². The first-order valence-electron chi connectivity index (χ1n) is 11.2. The highest BCUT2D eigenvalue weighted by Gasteiger charge is 2.34. The van der Waals surface area contributed by atoms with E-state index in [1.54, 1.807) is 18.2 Å². The van der Waals surface area contributed by atoms with Gasteiger partial charge in [-0.05, 0) is 29.8 Å². The number of fused-ring (bicyclic) bond motifs is 1. The van der Waals surface area contributed by atoms with Crippen molar-refractivity contribution in [1.82, 2.24) is 15.2 Å². The van der Waals surface area contributed by atoms with Gasteiger partial charge in [-0.3, -0.25) is 0 Å². The van der Waals surface area contributed by atoms with Gasteiger partial charge < -0.3 is 28.8 Å². The predicted molar refractivity (Wildman–Crippen MR) is 118 cm³/mol. The van der Waals surface area contributed by atoms with Crippen molar-refractivity contribution in [3.05, 3.63) is 53.4 Å². The molecule has 2 fully saturated rings. The number of benzene rings is 2. The molecule has 1 aromatic heterocycles. The Hall–Kier alpha value is -3.98. The Labute approximate surface area is 203 Å². The largest absolute Gasteiger partial charge is 0.573 e. The first-order chi connectivity index (χ1) is 17.3. The molecular formula is C24H21F3N4O5. The van der Waals surface area contributed by atoms with E-state index in [4.69, 9.17) is 13.9 Å². The van der Waals surface area contributed by atoms with Crippen molar-refractivity contribution >= 4 is 17.1 Å². The molecule has 0 radical (unpaired) electrons. The van der Waals surface area contributed by atoms with Crippen LogP contribution in [0, 0.1) is 11.3 Å². The average molecular weight is 502 g/mol. The van der Waals surface area contributed by atoms with E-state index in [0.29, 0.717) is 35.3 Å². The van der Waals surface area contributed by atoms with Gasteiger partial charge in [0.05, 0.1) is 25.3 Å². The van der Waals surface area contributed by atoms with Crippen LogP contribution < -0.4 is 14.8 Å². The summed E-state index contributed by atoms with van der Waals surface area (Å²) in [7, 11) is 0. The molecule has 0 saturated carbocycles. The van der Waals surface area contributed by atoms with Crippen LogP contribution in [-0.4, -0.2) is 54.7 Å². The molecule has 0 spiro atoms. The summed E-state index contributed by atoms with van der Waals surface area (Å²) >= 11 is 0. The molecule has 1 N–H and O–H groups in total. The fourth-order valence-electron chi connectivity index (χ4n) is 4.28. The second-order valence-electron chi connectivity index (χ2n) is 8.49. The topological polar surface area (TPSA) is 110 Å². The maximum Gasteiger partial charge on any atom is 0.573 e. The fourth-order valence-corrected chi connectivity index (χ4v) is 4.28. The minimum Gasteiger partial charge on any atom is -0.484 e. The number of aromatic nitrogens is 1. The monoisotopic (exact) mass is 502 g/mol. The summed E-state index contributed by atoms with van der Waals surface area (Å²) in [6.45, 7) is 1.35. The minimum atomic E-state index is -4.87. The smallest absolute Gasteiger partial charge is 0.484 e. The number of para-hydroxylation sites is 1. The van der Waals surface area contributed by atoms with Crippen molar-refractivity contribution in [2.75, 3.05) is 26.3 Å². The number of ether oxygens (including phenoxy) is 3. The SMILES string of the molecule is N#Cc1cccc2oc(CN3CC(c4ccc(OC(F)(F)F)c(OC5CCOC5)c4)CNC3=O)nc12. The molecule has 0 aliphatic carbocycles. The number of carbonyl (C=O) groups excluding carboxylic acids is 1. The van der Waals surface area contributed by atoms with Gasteiger partial charge in [-0.25, -0.2) is 9.78 Å². The maximum atomic E-state index is 12.9. The van der Waals surface area contributed by atoms with Crippen molar-refractivity contribution in [1.29, 1.82) is 5.26 Å². The van der Waals surface area contributed by atoms with Crippen LogP contribution in [0.15, 0.2) is 40.8 Å². The lowest BCUT2D eigenvalue weighted by molar-refractivity contribution is -0.275. The van der Waals surface area contributed by atoms with Crippen molar-refractivity contribution in [2.24, 2.45) is 0 Å². The van der Waals surface area contributed by atoms with E-state index < -0.39 is 12.1 Å². The van der Waals surface area contributed by atoms with Crippen LogP contribution >= 0.6 is 0 Å². The Balaban J connectivity index is 1.36. The quantitative estimate of drug-likeness (QED) is 0.541. The number of hydrogen-bond acceptors (Lipinski definition) is 7. The van der Waals surface area contributed by atoms with Gasteiger partial charge in [-0.2, -0.15) is 5.26 Å². The average Bonchev–Trinajstić information content (AvgIpc) is 3.50. The van der Waals surface area contributed by atoms with Gasteiger partial charge in [-0.1, -0.05) is 12.1 Å². The first kappa shape index (κ1) is 23.7. The summed E-state index contributed by atoms with van der Waals surface area (Å²) in [4.78, 5) is 18.4. The molecule has 3 heterocycles. The molecule has 2 aromatic carbocycles. The molecule has 5 rings (SSSR count). The van der Waals surface area contributed by atoms with E-state index in [-0.39, 0.29) is 55.9 Å². The van der Waals surface area contributed by atoms with Gasteiger partial charge >= 0.3 is 12.4 Å². The third-order valence-corrected chi connectivity index (χ3v) is 5.98. The molecule has 2 aliphatic heterocycles. The molecule has 12 heteroatoms. The fraction of sp³-hybridized carbons (Fsp3) is 0.375. The van der Waals surface area contributed by atoms with Gasteiger partial charge in [0.2, 0.25) is 5.89 Å². The van der Waals surface area contributed by atoms with Gasteiger partial charge in [-0.15, -0.1) is 13.2 Å². The number of nitrogens with zero attached hydrogens (tertiary/aromatic N) is 3. The van der Waals surface area contributed by atoms with Crippen molar-refractivity contribution in [3.8, 4) is 17.6 Å². The molecule has 2 amide bonds. The van der Waals surface area contributed by atoms with Crippen molar-refractivity contribution in [2.45, 2.75) is 31.3 Å². The zero-order valence-electron chi connectivity index (χ0n) is 18.9. The zero-order valence-corrected chi connectivity index (χ0v) is 18.9. The molecule has 188 valence electrons. The standard InChI is InChI=1S/C24H21F3N4O5/c25-24(26,27)36-18-5-4-14(8-20(18)34-17-6-7-33-13-17)16-10-29-23(32)31(11-16)12-21-30-22-15(9-28)2-1-3-19(22)35-21/h1-5,8,16-17H,6-7,10-13H2,(H,29,32). The Morgan fingerprint density at radius 1 is 1.25 bits per heavy atom. The van der Waals surface area contributed by atoms with Crippen LogP contribution in [0.3, 0.4) is 0 Å². The maximum absolute atomic E-state index is 12.9. The minimum absolute atomic E-state index is 0.0354. The highest BCUT2D eigenvalue weighted by molar-refractivity contribution is 5.79. The molecule has 2 unspecified atom stereocenters. The number of oxazole rings is 1. The first-order valence-corrected chi connectivity index (χ1v) is 11.2. The summed E-state index contributed by atoms with van der Waals surface area (Å²) in [5.41, 5.74) is 1.90. The summed E-state index contributed by atoms with van der Waals surface area (Å²) < 4.78 is 59.7. The molecule has 0 bridgehead atoms. The number of amides is 2. The Morgan fingerprint density at radius 2 is 2.11 bits per heavy atom. The normalized spacial score (nSPS) is 20.3. The lowest BCUT2D eigenvalue weighted by atomic mass is 9.96. The number of nitrogens with one attached hydrogen (secondary N) is 1. The number of nitriles is 1. The second-order valence-corrected chi connectivity index (χ2v) is 8.49. The number of alkyl halides is 3. The number of carbonyl (C=O) groups is 1. The predicted octanol–water partition coefficient (Wildman–Crippen LogP) is 4.07. The van der Waals surface area contributed by atoms with E-state index in [1.165, 1.54) is 23.1 Å². The molecule has 2 atom stereocenters. The summed E-state index contributed by atoms with van der Waals surface area (Å²) in [6, 6.07) is 11.0. The lowest BCUT2D eigenvalue weighted by Crippen LogP contribution is -2.49. The van der Waals surface area contributed by atoms with E-state index in [1.807, 2.05) is 0 Å². The van der Waals surface area contributed by atoms with E-state index >= 15 is 0 Å². The lowest BCUT2D eigenvalue weighted by Gasteiger charge is -2.33. The van der Waals surface area contributed by atoms with Gasteiger partial charge in [0.25, 0.3) is 0 Å². The Bertz CT molecular complexity index is 1310. The van der Waals surface area contributed by atoms with Gasteiger partial charge in [0, 0.05) is 25.4 Å². The van der Waals surface area contributed by atoms with Crippen molar-refractivity contribution < 1.29 is 36.6 Å². The molecular weight excluding hydrogens is 481 g/mol. The van der Waals surface area contributed by atoms with Crippen LogP contribution in [0.25, 0.3) is 11.1 Å². The highest BCUT2D eigenvalue weighted by Crippen LogP contribution is 2.37. The third kappa shape index (κ3) is 5.16. The Morgan fingerprint density at radius 3 is 2.86 bits per heavy atom. The number of urea groups is 1. The van der Waals surface area contributed by atoms with Crippen LogP contribution in [0.1, 0.15) is 29.4 Å². The molecule has 9 nitrogen and oxygen atoms in total.